The molecule has 0 spiro atoms. The van der Waals surface area contributed by atoms with Crippen LogP contribution in [0.15, 0.2) is 0 Å². The molecule has 0 unspecified atom stereocenters. The number of rotatable bonds is 4. The van der Waals surface area contributed by atoms with E-state index in [0.29, 0.717) is 0 Å². The summed E-state index contributed by atoms with van der Waals surface area (Å²) in [5, 5.41) is 0. The van der Waals surface area contributed by atoms with Gasteiger partial charge in [-0.15, -0.1) is 0 Å². The van der Waals surface area contributed by atoms with Gasteiger partial charge >= 0.3 is 12.4 Å². The van der Waals surface area contributed by atoms with E-state index in [9.17, 15) is 26.3 Å². The van der Waals surface area contributed by atoms with E-state index in [1.807, 2.05) is 0 Å². The molecule has 0 rings (SSSR count). The van der Waals surface area contributed by atoms with E-state index in [0.717, 1.165) is 0 Å². The number of alkyl halides is 6. The van der Waals surface area contributed by atoms with Crippen LogP contribution in [0.2, 0.25) is 0 Å². The van der Waals surface area contributed by atoms with Gasteiger partial charge in [0.25, 0.3) is 0 Å². The highest BCUT2D eigenvalue weighted by molar-refractivity contribution is 6.17. The monoisotopic (exact) mass is 209 g/mol. The van der Waals surface area contributed by atoms with Gasteiger partial charge in [0.05, 0.1) is 13.2 Å². The third-order valence-electron chi connectivity index (χ3n) is 0.630. The lowest BCUT2D eigenvalue weighted by molar-refractivity contribution is -0.166. The van der Waals surface area contributed by atoms with E-state index >= 15 is 0 Å². The first-order valence-electron chi connectivity index (χ1n) is 2.89. The quantitative estimate of drug-likeness (QED) is 0.398. The van der Waals surface area contributed by atoms with Gasteiger partial charge in [-0.2, -0.15) is 26.3 Å². The fourth-order valence-electron chi connectivity index (χ4n) is 0.305. The molecule has 0 bridgehead atoms. The Morgan fingerprint density at radius 1 is 0.769 bits per heavy atom. The first-order chi connectivity index (χ1) is 5.71. The van der Waals surface area contributed by atoms with Crippen LogP contribution < -0.4 is 0 Å². The van der Waals surface area contributed by atoms with E-state index in [4.69, 9.17) is 0 Å². The van der Waals surface area contributed by atoms with E-state index in [1.165, 1.54) is 0 Å². The minimum atomic E-state index is -4.59. The van der Waals surface area contributed by atoms with Crippen molar-refractivity contribution in [3.8, 4) is 0 Å². The highest BCUT2D eigenvalue weighted by atomic mass is 19.4. The molecule has 2 nitrogen and oxygen atoms in total. The molecule has 0 aliphatic rings. The van der Waals surface area contributed by atoms with Gasteiger partial charge in [-0.3, -0.25) is 0 Å². The highest BCUT2D eigenvalue weighted by Crippen LogP contribution is 2.15. The van der Waals surface area contributed by atoms with Crippen molar-refractivity contribution in [2.24, 2.45) is 0 Å². The van der Waals surface area contributed by atoms with Gasteiger partial charge in [-0.25, -0.2) is 0 Å². The molecule has 0 saturated heterocycles. The van der Waals surface area contributed by atoms with Crippen molar-refractivity contribution in [3.05, 3.63) is 0 Å². The lowest BCUT2D eigenvalue weighted by Gasteiger charge is -2.21. The Kier molecular flexibility index (Phi) is 4.55. The Bertz CT molecular complexity index is 127. The molecular formula is C4H4BF6O2-. The maximum atomic E-state index is 11.3. The number of hydrogen-bond donors (Lipinski definition) is 0. The van der Waals surface area contributed by atoms with Crippen LogP contribution in [0.25, 0.3) is 0 Å². The van der Waals surface area contributed by atoms with Gasteiger partial charge in [0, 0.05) is 0 Å². The Morgan fingerprint density at radius 3 is 1.31 bits per heavy atom. The molecule has 0 fully saturated rings. The molecule has 0 atom stereocenters. The van der Waals surface area contributed by atoms with Gasteiger partial charge in [-0.05, 0) is 7.69 Å². The van der Waals surface area contributed by atoms with Crippen molar-refractivity contribution in [2.45, 2.75) is 12.4 Å². The summed E-state index contributed by atoms with van der Waals surface area (Å²) in [4.78, 5) is 0. The van der Waals surface area contributed by atoms with Gasteiger partial charge in [0.15, 0.2) is 0 Å². The summed E-state index contributed by atoms with van der Waals surface area (Å²) >= 11 is 0. The van der Waals surface area contributed by atoms with Crippen molar-refractivity contribution in [1.82, 2.24) is 0 Å². The van der Waals surface area contributed by atoms with Crippen LogP contribution in [0.4, 0.5) is 26.3 Å². The third kappa shape index (κ3) is 11.6. The Hall–Kier alpha value is -0.435. The molecule has 78 valence electrons. The van der Waals surface area contributed by atoms with Crippen LogP contribution in [0.5, 0.6) is 0 Å². The van der Waals surface area contributed by atoms with E-state index in [2.05, 4.69) is 9.31 Å². The SMILES string of the molecule is FC(F)(F)CO[B-]OCC(F)(F)F. The number of halogens is 6. The van der Waals surface area contributed by atoms with Crippen molar-refractivity contribution in [3.63, 3.8) is 0 Å². The van der Waals surface area contributed by atoms with Crippen LogP contribution in [-0.4, -0.2) is 33.3 Å². The summed E-state index contributed by atoms with van der Waals surface area (Å²) in [5.74, 6) is 0. The minimum absolute atomic E-state index is 0.0149. The summed E-state index contributed by atoms with van der Waals surface area (Å²) in [7, 11) is 0.0149. The normalized spacial score (nSPS) is 13.4. The number of hydrogen-bond acceptors (Lipinski definition) is 2. The molecule has 0 aromatic carbocycles. The molecular weight excluding hydrogens is 205 g/mol. The summed E-state index contributed by atoms with van der Waals surface area (Å²) in [5.41, 5.74) is 0. The molecule has 0 aliphatic carbocycles. The first kappa shape index (κ1) is 12.6. The smallest absolute Gasteiger partial charge is 0.407 e. The molecule has 2 radical (unpaired) electrons. The molecule has 0 aromatic heterocycles. The maximum absolute atomic E-state index is 11.3. The lowest BCUT2D eigenvalue weighted by atomic mass is 10.4. The van der Waals surface area contributed by atoms with Crippen molar-refractivity contribution >= 4 is 7.69 Å². The molecule has 0 amide bonds. The zero-order valence-corrected chi connectivity index (χ0v) is 6.08. The Labute approximate surface area is 70.1 Å². The van der Waals surface area contributed by atoms with Crippen molar-refractivity contribution < 1.29 is 35.7 Å². The van der Waals surface area contributed by atoms with Crippen LogP contribution >= 0.6 is 0 Å². The maximum Gasteiger partial charge on any atom is 0.407 e. The summed E-state index contributed by atoms with van der Waals surface area (Å²) < 4.78 is 75.0. The molecule has 9 heteroatoms. The second-order valence-electron chi connectivity index (χ2n) is 1.95. The van der Waals surface area contributed by atoms with E-state index < -0.39 is 25.6 Å². The van der Waals surface area contributed by atoms with Crippen LogP contribution in [0.3, 0.4) is 0 Å². The predicted octanol–water partition coefficient (Wildman–Crippen LogP) is 1.68. The highest BCUT2D eigenvalue weighted by Gasteiger charge is 2.26. The van der Waals surface area contributed by atoms with Gasteiger partial charge in [-0.1, -0.05) is 0 Å². The van der Waals surface area contributed by atoms with E-state index in [1.54, 1.807) is 0 Å². The molecule has 0 saturated carbocycles. The average molecular weight is 209 g/mol. The molecule has 0 aliphatic heterocycles. The summed E-state index contributed by atoms with van der Waals surface area (Å²) in [6.07, 6.45) is -9.17. The zero-order valence-electron chi connectivity index (χ0n) is 6.08. The standard InChI is InChI=1S/C4H4BF6O2/c6-3(7,8)1-12-5-13-2-4(9,10)11/h1-2H2/q-1. The average Bonchev–Trinajstić information content (AvgIpc) is 1.81. The Balaban J connectivity index is 3.28. The van der Waals surface area contributed by atoms with Crippen LogP contribution in [0.1, 0.15) is 0 Å². The first-order valence-corrected chi connectivity index (χ1v) is 2.89. The Morgan fingerprint density at radius 2 is 1.08 bits per heavy atom. The van der Waals surface area contributed by atoms with Gasteiger partial charge in [0.2, 0.25) is 0 Å². The lowest BCUT2D eigenvalue weighted by Crippen LogP contribution is -2.23. The summed E-state index contributed by atoms with van der Waals surface area (Å²) in [6.45, 7) is -3.35. The molecule has 0 N–H and O–H groups in total. The molecule has 13 heavy (non-hydrogen) atoms. The van der Waals surface area contributed by atoms with Crippen LogP contribution in [-0.2, 0) is 9.31 Å². The third-order valence-corrected chi connectivity index (χ3v) is 0.630. The predicted molar refractivity (Wildman–Crippen MR) is 29.8 cm³/mol. The zero-order chi connectivity index (χ0) is 10.5. The minimum Gasteiger partial charge on any atom is -0.619 e. The molecule has 0 aromatic rings. The molecule has 0 heterocycles. The van der Waals surface area contributed by atoms with Gasteiger partial charge < -0.3 is 9.31 Å². The largest absolute Gasteiger partial charge is 0.619 e. The van der Waals surface area contributed by atoms with E-state index in [-0.39, 0.29) is 7.69 Å². The second kappa shape index (κ2) is 4.70. The van der Waals surface area contributed by atoms with Gasteiger partial charge in [0.1, 0.15) is 0 Å². The fraction of sp³-hybridized carbons (Fsp3) is 1.00. The van der Waals surface area contributed by atoms with Crippen molar-refractivity contribution in [1.29, 1.82) is 0 Å². The topological polar surface area (TPSA) is 18.5 Å². The van der Waals surface area contributed by atoms with Crippen molar-refractivity contribution in [2.75, 3.05) is 13.2 Å². The fourth-order valence-corrected chi connectivity index (χ4v) is 0.305. The van der Waals surface area contributed by atoms with Crippen LogP contribution in [0, 0.1) is 0 Å². The summed E-state index contributed by atoms with van der Waals surface area (Å²) in [6, 6.07) is 0. The second-order valence-corrected chi connectivity index (χ2v) is 1.95.